The molecule has 2 aromatic rings. The standard InChI is InChI=1S/C16H18N2O4S/c1-17-23(20,21)15-9-13(11-22-15)16(19)18(14-7-8-14)10-12-5-3-2-4-6-12/h2-6,9,11,14,17H,7-8,10H2,1H3. The quantitative estimate of drug-likeness (QED) is 0.876. The summed E-state index contributed by atoms with van der Waals surface area (Å²) < 4.78 is 30.6. The molecule has 0 aliphatic heterocycles. The van der Waals surface area contributed by atoms with Crippen LogP contribution in [-0.2, 0) is 16.6 Å². The topological polar surface area (TPSA) is 79.6 Å². The highest BCUT2D eigenvalue weighted by atomic mass is 32.2. The molecule has 0 radical (unpaired) electrons. The summed E-state index contributed by atoms with van der Waals surface area (Å²) in [5.41, 5.74) is 1.29. The minimum absolute atomic E-state index is 0.210. The monoisotopic (exact) mass is 334 g/mol. The number of sulfonamides is 1. The first kappa shape index (κ1) is 15.8. The van der Waals surface area contributed by atoms with Crippen molar-refractivity contribution in [3.05, 3.63) is 53.8 Å². The van der Waals surface area contributed by atoms with Crippen LogP contribution in [0.3, 0.4) is 0 Å². The Morgan fingerprint density at radius 3 is 2.61 bits per heavy atom. The Morgan fingerprint density at radius 1 is 1.30 bits per heavy atom. The number of rotatable bonds is 6. The molecule has 0 spiro atoms. The van der Waals surface area contributed by atoms with Crippen molar-refractivity contribution in [3.8, 4) is 0 Å². The van der Waals surface area contributed by atoms with Crippen LogP contribution in [0.1, 0.15) is 28.8 Å². The summed E-state index contributed by atoms with van der Waals surface area (Å²) in [5.74, 6) is -0.211. The Labute approximate surface area is 135 Å². The molecule has 3 rings (SSSR count). The Balaban J connectivity index is 1.82. The van der Waals surface area contributed by atoms with Crippen LogP contribution in [0, 0.1) is 0 Å². The van der Waals surface area contributed by atoms with Gasteiger partial charge < -0.3 is 9.32 Å². The molecule has 1 aromatic heterocycles. The maximum Gasteiger partial charge on any atom is 0.273 e. The third kappa shape index (κ3) is 3.46. The highest BCUT2D eigenvalue weighted by Crippen LogP contribution is 2.30. The molecule has 0 bridgehead atoms. The molecule has 0 unspecified atom stereocenters. The van der Waals surface area contributed by atoms with E-state index in [1.165, 1.54) is 19.4 Å². The molecule has 122 valence electrons. The summed E-state index contributed by atoms with van der Waals surface area (Å²) in [5, 5.41) is -0.251. The van der Waals surface area contributed by atoms with E-state index < -0.39 is 10.0 Å². The molecule has 1 heterocycles. The van der Waals surface area contributed by atoms with Gasteiger partial charge in [-0.1, -0.05) is 30.3 Å². The predicted molar refractivity (Wildman–Crippen MR) is 84.3 cm³/mol. The number of furan rings is 1. The van der Waals surface area contributed by atoms with E-state index in [-0.39, 0.29) is 22.6 Å². The number of nitrogens with one attached hydrogen (secondary N) is 1. The van der Waals surface area contributed by atoms with E-state index in [0.717, 1.165) is 18.4 Å². The van der Waals surface area contributed by atoms with Crippen LogP contribution in [-0.4, -0.2) is 32.3 Å². The highest BCUT2D eigenvalue weighted by Gasteiger charge is 2.34. The van der Waals surface area contributed by atoms with Crippen LogP contribution < -0.4 is 4.72 Å². The van der Waals surface area contributed by atoms with Gasteiger partial charge >= 0.3 is 0 Å². The van der Waals surface area contributed by atoms with E-state index in [0.29, 0.717) is 6.54 Å². The lowest BCUT2D eigenvalue weighted by molar-refractivity contribution is 0.0729. The molecule has 1 aliphatic rings. The van der Waals surface area contributed by atoms with E-state index in [1.54, 1.807) is 4.90 Å². The van der Waals surface area contributed by atoms with Crippen molar-refractivity contribution in [1.82, 2.24) is 9.62 Å². The van der Waals surface area contributed by atoms with Gasteiger partial charge in [-0.05, 0) is 25.5 Å². The van der Waals surface area contributed by atoms with Crippen molar-refractivity contribution in [2.75, 3.05) is 7.05 Å². The lowest BCUT2D eigenvalue weighted by atomic mass is 10.2. The third-order valence-electron chi connectivity index (χ3n) is 3.80. The summed E-state index contributed by atoms with van der Waals surface area (Å²) in [4.78, 5) is 14.5. The summed E-state index contributed by atoms with van der Waals surface area (Å²) in [6.07, 6.45) is 3.14. The number of carbonyl (C=O) groups excluding carboxylic acids is 1. The number of benzene rings is 1. The van der Waals surface area contributed by atoms with E-state index in [4.69, 9.17) is 4.42 Å². The van der Waals surface area contributed by atoms with Gasteiger partial charge in [0, 0.05) is 18.7 Å². The molecule has 1 N–H and O–H groups in total. The van der Waals surface area contributed by atoms with Gasteiger partial charge in [0.25, 0.3) is 15.9 Å². The molecule has 1 amide bonds. The van der Waals surface area contributed by atoms with Crippen molar-refractivity contribution in [1.29, 1.82) is 0 Å². The predicted octanol–water partition coefficient (Wildman–Crippen LogP) is 1.99. The van der Waals surface area contributed by atoms with Gasteiger partial charge in [-0.15, -0.1) is 0 Å². The van der Waals surface area contributed by atoms with Gasteiger partial charge in [0.1, 0.15) is 6.26 Å². The first-order valence-corrected chi connectivity index (χ1v) is 8.86. The molecule has 0 atom stereocenters. The van der Waals surface area contributed by atoms with Gasteiger partial charge in [0.2, 0.25) is 5.09 Å². The Kier molecular flexibility index (Phi) is 4.23. The molecule has 1 fully saturated rings. The first-order valence-electron chi connectivity index (χ1n) is 7.38. The lowest BCUT2D eigenvalue weighted by Gasteiger charge is -2.21. The second-order valence-corrected chi connectivity index (χ2v) is 7.33. The SMILES string of the molecule is CNS(=O)(=O)c1cc(C(=O)N(Cc2ccccc2)C2CC2)co1. The Hall–Kier alpha value is -2.12. The van der Waals surface area contributed by atoms with Gasteiger partial charge in [0.15, 0.2) is 0 Å². The van der Waals surface area contributed by atoms with Gasteiger partial charge in [-0.25, -0.2) is 13.1 Å². The third-order valence-corrected chi connectivity index (χ3v) is 5.08. The second kappa shape index (κ2) is 6.17. The molecule has 1 saturated carbocycles. The van der Waals surface area contributed by atoms with Crippen molar-refractivity contribution in [2.24, 2.45) is 0 Å². The van der Waals surface area contributed by atoms with Crippen LogP contribution in [0.2, 0.25) is 0 Å². The summed E-state index contributed by atoms with van der Waals surface area (Å²) in [6, 6.07) is 11.2. The van der Waals surface area contributed by atoms with Gasteiger partial charge in [-0.3, -0.25) is 4.79 Å². The fourth-order valence-corrected chi connectivity index (χ4v) is 3.03. The van der Waals surface area contributed by atoms with Crippen LogP contribution in [0.4, 0.5) is 0 Å². The van der Waals surface area contributed by atoms with Crippen LogP contribution >= 0.6 is 0 Å². The Morgan fingerprint density at radius 2 is 2.00 bits per heavy atom. The van der Waals surface area contributed by atoms with Crippen LogP contribution in [0.25, 0.3) is 0 Å². The van der Waals surface area contributed by atoms with Crippen molar-refractivity contribution in [3.63, 3.8) is 0 Å². The first-order chi connectivity index (χ1) is 11.0. The summed E-state index contributed by atoms with van der Waals surface area (Å²) in [7, 11) is -2.39. The highest BCUT2D eigenvalue weighted by molar-refractivity contribution is 7.89. The average Bonchev–Trinajstić information content (AvgIpc) is 3.27. The van der Waals surface area contributed by atoms with E-state index in [2.05, 4.69) is 4.72 Å². The number of hydrogen-bond donors (Lipinski definition) is 1. The fourth-order valence-electron chi connectivity index (χ4n) is 2.37. The number of amides is 1. The summed E-state index contributed by atoms with van der Waals surface area (Å²) >= 11 is 0. The zero-order valence-corrected chi connectivity index (χ0v) is 13.5. The number of carbonyl (C=O) groups is 1. The van der Waals surface area contributed by atoms with Gasteiger partial charge in [-0.2, -0.15) is 0 Å². The summed E-state index contributed by atoms with van der Waals surface area (Å²) in [6.45, 7) is 0.504. The van der Waals surface area contributed by atoms with E-state index in [9.17, 15) is 13.2 Å². The number of hydrogen-bond acceptors (Lipinski definition) is 4. The molecule has 1 aliphatic carbocycles. The number of nitrogens with zero attached hydrogens (tertiary/aromatic N) is 1. The largest absolute Gasteiger partial charge is 0.451 e. The molecule has 6 nitrogen and oxygen atoms in total. The van der Waals surface area contributed by atoms with Crippen molar-refractivity contribution >= 4 is 15.9 Å². The zero-order chi connectivity index (χ0) is 16.4. The minimum atomic E-state index is -3.69. The minimum Gasteiger partial charge on any atom is -0.451 e. The van der Waals surface area contributed by atoms with E-state index >= 15 is 0 Å². The van der Waals surface area contributed by atoms with Crippen molar-refractivity contribution in [2.45, 2.75) is 30.5 Å². The molecule has 1 aromatic carbocycles. The molecule has 0 saturated heterocycles. The zero-order valence-electron chi connectivity index (χ0n) is 12.7. The molecular weight excluding hydrogens is 316 g/mol. The van der Waals surface area contributed by atoms with Crippen molar-refractivity contribution < 1.29 is 17.6 Å². The second-order valence-electron chi connectivity index (χ2n) is 5.51. The smallest absolute Gasteiger partial charge is 0.273 e. The molecule has 23 heavy (non-hydrogen) atoms. The average molecular weight is 334 g/mol. The van der Waals surface area contributed by atoms with Gasteiger partial charge in [0.05, 0.1) is 5.56 Å². The van der Waals surface area contributed by atoms with E-state index in [1.807, 2.05) is 30.3 Å². The van der Waals surface area contributed by atoms with Crippen LogP contribution in [0.15, 0.2) is 52.2 Å². The maximum atomic E-state index is 12.7. The normalized spacial score (nSPS) is 14.7. The fraction of sp³-hybridized carbons (Fsp3) is 0.312. The lowest BCUT2D eigenvalue weighted by Crippen LogP contribution is -2.32. The Bertz CT molecular complexity index is 794. The molecular formula is C16H18N2O4S. The van der Waals surface area contributed by atoms with Crippen LogP contribution in [0.5, 0.6) is 0 Å². The maximum absolute atomic E-state index is 12.7. The molecule has 7 heteroatoms.